The molecule has 1 aromatic heterocycles. The molecule has 3 rings (SSSR count). The summed E-state index contributed by atoms with van der Waals surface area (Å²) in [5.41, 5.74) is 0.649. The second-order valence-electron chi connectivity index (χ2n) is 5.86. The first-order valence-electron chi connectivity index (χ1n) is 8.09. The van der Waals surface area contributed by atoms with Gasteiger partial charge in [-0.1, -0.05) is 18.2 Å². The Balaban J connectivity index is 1.76. The van der Waals surface area contributed by atoms with Crippen LogP contribution in [-0.2, 0) is 16.1 Å². The summed E-state index contributed by atoms with van der Waals surface area (Å²) in [6, 6.07) is 13.3. The van der Waals surface area contributed by atoms with Crippen LogP contribution in [0.3, 0.4) is 0 Å². The number of hydrogen-bond acceptors (Lipinski definition) is 6. The van der Waals surface area contributed by atoms with Crippen LogP contribution in [-0.4, -0.2) is 17.2 Å². The third-order valence-corrected chi connectivity index (χ3v) is 3.98. The molecule has 1 N–H and O–H groups in total. The predicted octanol–water partition coefficient (Wildman–Crippen LogP) is 3.32. The maximum Gasteiger partial charge on any atom is 0.347 e. The lowest BCUT2D eigenvalue weighted by Crippen LogP contribution is -2.26. The van der Waals surface area contributed by atoms with Gasteiger partial charge < -0.3 is 19.0 Å². The van der Waals surface area contributed by atoms with Crippen LogP contribution in [0, 0.1) is 6.92 Å². The molecule has 0 amide bonds. The maximum absolute atomic E-state index is 12.2. The van der Waals surface area contributed by atoms with Crippen molar-refractivity contribution in [1.82, 2.24) is 0 Å². The zero-order valence-electron chi connectivity index (χ0n) is 14.4. The number of esters is 1. The lowest BCUT2D eigenvalue weighted by molar-refractivity contribution is -0.152. The van der Waals surface area contributed by atoms with E-state index < -0.39 is 17.7 Å². The van der Waals surface area contributed by atoms with Gasteiger partial charge in [-0.05, 0) is 38.1 Å². The molecule has 0 saturated heterocycles. The molecule has 0 aliphatic heterocycles. The Morgan fingerprint density at radius 2 is 1.92 bits per heavy atom. The van der Waals surface area contributed by atoms with Gasteiger partial charge in [-0.2, -0.15) is 0 Å². The first kappa shape index (κ1) is 17.5. The third-order valence-electron chi connectivity index (χ3n) is 3.98. The predicted molar refractivity (Wildman–Crippen MR) is 95.2 cm³/mol. The number of carbonyl (C=O) groups is 1. The number of para-hydroxylation sites is 1. The SMILES string of the molecule is Cc1c(O)ccc2c(COC(=O)[C@H](C)Oc3ccccc3)cc(=O)oc12. The number of phenols is 1. The van der Waals surface area contributed by atoms with Crippen molar-refractivity contribution in [2.75, 3.05) is 0 Å². The van der Waals surface area contributed by atoms with Gasteiger partial charge in [0.05, 0.1) is 0 Å². The highest BCUT2D eigenvalue weighted by molar-refractivity contribution is 5.85. The van der Waals surface area contributed by atoms with E-state index in [1.54, 1.807) is 44.2 Å². The first-order chi connectivity index (χ1) is 12.5. The number of carbonyl (C=O) groups excluding carboxylic acids is 1. The fourth-order valence-corrected chi connectivity index (χ4v) is 2.55. The monoisotopic (exact) mass is 354 g/mol. The van der Waals surface area contributed by atoms with E-state index in [4.69, 9.17) is 13.9 Å². The summed E-state index contributed by atoms with van der Waals surface area (Å²) in [4.78, 5) is 23.9. The van der Waals surface area contributed by atoms with E-state index in [9.17, 15) is 14.7 Å². The van der Waals surface area contributed by atoms with E-state index >= 15 is 0 Å². The molecular formula is C20H18O6. The molecule has 1 atom stereocenters. The van der Waals surface area contributed by atoms with Crippen molar-refractivity contribution >= 4 is 16.9 Å². The summed E-state index contributed by atoms with van der Waals surface area (Å²) < 4.78 is 16.0. The lowest BCUT2D eigenvalue weighted by atomic mass is 10.1. The number of phenolic OH excluding ortho intramolecular Hbond substituents is 1. The van der Waals surface area contributed by atoms with Gasteiger partial charge in [-0.3, -0.25) is 0 Å². The third kappa shape index (κ3) is 3.69. The number of hydrogen-bond donors (Lipinski definition) is 1. The Bertz CT molecular complexity index is 990. The minimum atomic E-state index is -0.797. The molecule has 2 aromatic carbocycles. The van der Waals surface area contributed by atoms with Crippen LogP contribution in [0.15, 0.2) is 57.7 Å². The number of ether oxygens (including phenoxy) is 2. The van der Waals surface area contributed by atoms with Crippen LogP contribution in [0.2, 0.25) is 0 Å². The van der Waals surface area contributed by atoms with Crippen molar-refractivity contribution in [2.24, 2.45) is 0 Å². The Morgan fingerprint density at radius 1 is 1.19 bits per heavy atom. The molecule has 0 radical (unpaired) electrons. The van der Waals surface area contributed by atoms with Gasteiger partial charge >= 0.3 is 11.6 Å². The Morgan fingerprint density at radius 3 is 2.65 bits per heavy atom. The maximum atomic E-state index is 12.2. The highest BCUT2D eigenvalue weighted by Crippen LogP contribution is 2.27. The molecule has 0 fully saturated rings. The molecule has 134 valence electrons. The molecular weight excluding hydrogens is 336 g/mol. The number of benzene rings is 2. The second-order valence-corrected chi connectivity index (χ2v) is 5.86. The molecule has 0 unspecified atom stereocenters. The normalized spacial score (nSPS) is 11.9. The van der Waals surface area contributed by atoms with Crippen molar-refractivity contribution in [3.63, 3.8) is 0 Å². The Hall–Kier alpha value is -3.28. The van der Waals surface area contributed by atoms with E-state index in [2.05, 4.69) is 0 Å². The van der Waals surface area contributed by atoms with Crippen molar-refractivity contribution in [2.45, 2.75) is 26.6 Å². The first-order valence-corrected chi connectivity index (χ1v) is 8.09. The lowest BCUT2D eigenvalue weighted by Gasteiger charge is -2.14. The van der Waals surface area contributed by atoms with E-state index in [1.165, 1.54) is 12.1 Å². The number of fused-ring (bicyclic) bond motifs is 1. The van der Waals surface area contributed by atoms with Crippen LogP contribution >= 0.6 is 0 Å². The molecule has 0 spiro atoms. The molecule has 1 heterocycles. The van der Waals surface area contributed by atoms with Crippen LogP contribution in [0.1, 0.15) is 18.1 Å². The summed E-state index contributed by atoms with van der Waals surface area (Å²) >= 11 is 0. The largest absolute Gasteiger partial charge is 0.508 e. The molecule has 6 nitrogen and oxygen atoms in total. The molecule has 0 aliphatic carbocycles. The van der Waals surface area contributed by atoms with Gasteiger partial charge in [0.15, 0.2) is 6.10 Å². The van der Waals surface area contributed by atoms with Crippen LogP contribution in [0.5, 0.6) is 11.5 Å². The molecule has 0 bridgehead atoms. The van der Waals surface area contributed by atoms with Crippen LogP contribution in [0.25, 0.3) is 11.0 Å². The number of aromatic hydroxyl groups is 1. The van der Waals surface area contributed by atoms with Gasteiger partial charge in [0, 0.05) is 22.6 Å². The van der Waals surface area contributed by atoms with Gasteiger partial charge in [-0.25, -0.2) is 9.59 Å². The topological polar surface area (TPSA) is 86.0 Å². The van der Waals surface area contributed by atoms with E-state index in [-0.39, 0.29) is 17.9 Å². The average molecular weight is 354 g/mol. The Labute approximate surface area is 149 Å². The van der Waals surface area contributed by atoms with Gasteiger partial charge in [0.1, 0.15) is 23.7 Å². The van der Waals surface area contributed by atoms with E-state index in [1.807, 2.05) is 6.07 Å². The average Bonchev–Trinajstić information content (AvgIpc) is 2.63. The van der Waals surface area contributed by atoms with E-state index in [0.717, 1.165) is 0 Å². The van der Waals surface area contributed by atoms with Gasteiger partial charge in [0.2, 0.25) is 0 Å². The number of aryl methyl sites for hydroxylation is 1. The zero-order chi connectivity index (χ0) is 18.7. The van der Waals surface area contributed by atoms with Crippen molar-refractivity contribution in [3.8, 4) is 11.5 Å². The van der Waals surface area contributed by atoms with Crippen LogP contribution < -0.4 is 10.4 Å². The Kier molecular flexibility index (Phi) is 4.93. The van der Waals surface area contributed by atoms with Crippen molar-refractivity contribution < 1.29 is 23.8 Å². The quantitative estimate of drug-likeness (QED) is 0.559. The highest BCUT2D eigenvalue weighted by atomic mass is 16.6. The molecule has 0 aliphatic rings. The highest BCUT2D eigenvalue weighted by Gasteiger charge is 2.18. The summed E-state index contributed by atoms with van der Waals surface area (Å²) in [7, 11) is 0. The fourth-order valence-electron chi connectivity index (χ4n) is 2.55. The summed E-state index contributed by atoms with van der Waals surface area (Å²) in [5.74, 6) is 0.0410. The smallest absolute Gasteiger partial charge is 0.347 e. The van der Waals surface area contributed by atoms with Crippen molar-refractivity contribution in [3.05, 3.63) is 70.1 Å². The van der Waals surface area contributed by atoms with Crippen LogP contribution in [0.4, 0.5) is 0 Å². The summed E-state index contributed by atoms with van der Waals surface area (Å²) in [5, 5.41) is 10.4. The molecule has 3 aromatic rings. The second kappa shape index (κ2) is 7.31. The minimum Gasteiger partial charge on any atom is -0.508 e. The molecule has 26 heavy (non-hydrogen) atoms. The fraction of sp³-hybridized carbons (Fsp3) is 0.200. The number of rotatable bonds is 5. The van der Waals surface area contributed by atoms with Gasteiger partial charge in [0.25, 0.3) is 0 Å². The minimum absolute atomic E-state index is 0.0275. The summed E-state index contributed by atoms with van der Waals surface area (Å²) in [6.07, 6.45) is -0.797. The standard InChI is InChI=1S/C20H18O6/c1-12-17(21)9-8-16-14(10-18(22)26-19(12)16)11-24-20(23)13(2)25-15-6-4-3-5-7-15/h3-10,13,21H,11H2,1-2H3/t13-/m0/s1. The molecule has 0 saturated carbocycles. The zero-order valence-corrected chi connectivity index (χ0v) is 14.4. The van der Waals surface area contributed by atoms with Crippen molar-refractivity contribution in [1.29, 1.82) is 0 Å². The van der Waals surface area contributed by atoms with Gasteiger partial charge in [-0.15, -0.1) is 0 Å². The van der Waals surface area contributed by atoms with E-state index in [0.29, 0.717) is 22.3 Å². The molecule has 6 heteroatoms. The summed E-state index contributed by atoms with van der Waals surface area (Å²) in [6.45, 7) is 3.13.